The molecule has 4 fully saturated rings. The number of fused-ring (bicyclic) bond motifs is 4. The minimum absolute atomic E-state index is 0.00917. The molecule has 40 heavy (non-hydrogen) atoms. The van der Waals surface area contributed by atoms with Gasteiger partial charge in [0.2, 0.25) is 0 Å². The van der Waals surface area contributed by atoms with Crippen LogP contribution in [0.15, 0.2) is 0 Å². The van der Waals surface area contributed by atoms with Crippen LogP contribution in [0.25, 0.3) is 0 Å². The normalized spacial score (nSPS) is 42.0. The van der Waals surface area contributed by atoms with E-state index in [0.717, 1.165) is 57.8 Å². The fraction of sp³-hybridized carbons (Fsp3) is 0.939. The highest BCUT2D eigenvalue weighted by atomic mass is 16.6. The third-order valence-electron chi connectivity index (χ3n) is 10.2. The Morgan fingerprint density at radius 2 is 1.38 bits per heavy atom. The minimum Gasteiger partial charge on any atom is -0.462 e. The summed E-state index contributed by atoms with van der Waals surface area (Å²) in [7, 11) is 0. The van der Waals surface area contributed by atoms with Crippen LogP contribution < -0.4 is 0 Å². The Hall–Kier alpha value is -1.18. The Balaban J connectivity index is 1.51. The van der Waals surface area contributed by atoms with Crippen LogP contribution in [-0.2, 0) is 33.3 Å². The Morgan fingerprint density at radius 3 is 2.10 bits per heavy atom. The first-order valence-electron chi connectivity index (χ1n) is 16.6. The van der Waals surface area contributed by atoms with Crippen molar-refractivity contribution in [3.8, 4) is 0 Å². The summed E-state index contributed by atoms with van der Waals surface area (Å²) in [4.78, 5) is 26.8. The zero-order valence-corrected chi connectivity index (χ0v) is 26.0. The summed E-state index contributed by atoms with van der Waals surface area (Å²) in [5.74, 6) is -0.994. The van der Waals surface area contributed by atoms with Crippen molar-refractivity contribution in [3.63, 3.8) is 0 Å². The molecule has 4 aliphatic heterocycles. The van der Waals surface area contributed by atoms with Crippen LogP contribution in [0.3, 0.4) is 0 Å². The molecular weight excluding hydrogens is 508 g/mol. The van der Waals surface area contributed by atoms with E-state index in [9.17, 15) is 9.59 Å². The van der Waals surface area contributed by atoms with Crippen molar-refractivity contribution < 1.29 is 33.3 Å². The number of unbranched alkanes of at least 4 members (excludes halogenated alkanes) is 2. The molecule has 230 valence electrons. The lowest BCUT2D eigenvalue weighted by atomic mass is 9.84. The van der Waals surface area contributed by atoms with E-state index in [1.807, 2.05) is 13.8 Å². The van der Waals surface area contributed by atoms with Gasteiger partial charge in [0, 0.05) is 18.3 Å². The lowest BCUT2D eigenvalue weighted by Gasteiger charge is -2.36. The average Bonchev–Trinajstić information content (AvgIpc) is 3.71. The molecule has 4 saturated heterocycles. The highest BCUT2D eigenvalue weighted by Gasteiger charge is 2.45. The molecular formula is C33H56O7. The molecule has 0 aromatic carbocycles. The van der Waals surface area contributed by atoms with Crippen molar-refractivity contribution in [1.29, 1.82) is 0 Å². The summed E-state index contributed by atoms with van der Waals surface area (Å²) in [6, 6.07) is 0. The van der Waals surface area contributed by atoms with E-state index >= 15 is 0 Å². The molecule has 0 saturated carbocycles. The molecule has 4 rings (SSSR count). The monoisotopic (exact) mass is 564 g/mol. The summed E-state index contributed by atoms with van der Waals surface area (Å²) >= 11 is 0. The first-order chi connectivity index (χ1) is 19.2. The summed E-state index contributed by atoms with van der Waals surface area (Å²) in [5.41, 5.74) is 0. The molecule has 4 bridgehead atoms. The standard InChI is InChI=1S/C33H56O7/c1-7-9-10-12-24-13-15-27(36-24)20(3)31-21(4)28-17-18-30(39-28)23(6)32(34)38-25(11-8-2)19-26-14-16-29(37-26)22(5)33(35)40-31/h20-31H,7-19H2,1-6H3/t20-,21-,22+,23-,24-,25+,26+,27-,28+,29-,30-,31+/m1/s1. The van der Waals surface area contributed by atoms with E-state index in [-0.39, 0.29) is 78.3 Å². The Bertz CT molecular complexity index is 817. The Kier molecular flexibility index (Phi) is 11.8. The molecule has 0 aromatic heterocycles. The van der Waals surface area contributed by atoms with E-state index in [1.165, 1.54) is 19.3 Å². The average molecular weight is 565 g/mol. The number of ether oxygens (including phenoxy) is 5. The minimum atomic E-state index is -0.351. The second kappa shape index (κ2) is 14.8. The summed E-state index contributed by atoms with van der Waals surface area (Å²) in [6.45, 7) is 12.5. The summed E-state index contributed by atoms with van der Waals surface area (Å²) in [5, 5.41) is 0. The number of carbonyl (C=O) groups is 2. The zero-order valence-electron chi connectivity index (χ0n) is 26.0. The fourth-order valence-electron chi connectivity index (χ4n) is 7.45. The van der Waals surface area contributed by atoms with Gasteiger partial charge in [0.15, 0.2) is 0 Å². The van der Waals surface area contributed by atoms with Gasteiger partial charge in [0.25, 0.3) is 0 Å². The molecule has 0 aliphatic carbocycles. The number of hydrogen-bond acceptors (Lipinski definition) is 7. The van der Waals surface area contributed by atoms with Crippen LogP contribution in [-0.4, -0.2) is 60.8 Å². The SMILES string of the molecule is CCCCC[C@@H]1CC[C@H]([C@@H](C)[C@@H]2OC(=O)[C@@H](C)[C@H]3CC[C@@H](C[C@H](CCC)OC(=O)[C@H](C)[C@H]4CC[C@H](O4)[C@H]2C)O3)O1. The molecule has 12 atom stereocenters. The maximum atomic E-state index is 13.6. The van der Waals surface area contributed by atoms with E-state index in [4.69, 9.17) is 23.7 Å². The third-order valence-corrected chi connectivity index (χ3v) is 10.2. The lowest BCUT2D eigenvalue weighted by molar-refractivity contribution is -0.175. The predicted molar refractivity (Wildman–Crippen MR) is 154 cm³/mol. The molecule has 0 unspecified atom stereocenters. The quantitative estimate of drug-likeness (QED) is 0.237. The number of esters is 2. The summed E-state index contributed by atoms with van der Waals surface area (Å²) in [6.07, 6.45) is 12.0. The van der Waals surface area contributed by atoms with Crippen molar-refractivity contribution in [2.75, 3.05) is 0 Å². The maximum absolute atomic E-state index is 13.6. The van der Waals surface area contributed by atoms with Gasteiger partial charge in [-0.05, 0) is 65.2 Å². The van der Waals surface area contributed by atoms with E-state index < -0.39 is 0 Å². The van der Waals surface area contributed by atoms with Crippen LogP contribution in [0.4, 0.5) is 0 Å². The topological polar surface area (TPSA) is 80.3 Å². The van der Waals surface area contributed by atoms with Crippen molar-refractivity contribution in [1.82, 2.24) is 0 Å². The number of carbonyl (C=O) groups excluding carboxylic acids is 2. The zero-order chi connectivity index (χ0) is 28.8. The van der Waals surface area contributed by atoms with Crippen LogP contribution >= 0.6 is 0 Å². The fourth-order valence-corrected chi connectivity index (χ4v) is 7.45. The number of rotatable bonds is 8. The smallest absolute Gasteiger partial charge is 0.311 e. The van der Waals surface area contributed by atoms with E-state index in [1.54, 1.807) is 0 Å². The molecule has 0 amide bonds. The number of cyclic esters (lactones) is 2. The predicted octanol–water partition coefficient (Wildman–Crippen LogP) is 6.78. The van der Waals surface area contributed by atoms with Crippen LogP contribution in [0.5, 0.6) is 0 Å². The van der Waals surface area contributed by atoms with Gasteiger partial charge >= 0.3 is 11.9 Å². The van der Waals surface area contributed by atoms with Gasteiger partial charge in [0.1, 0.15) is 12.2 Å². The molecule has 0 N–H and O–H groups in total. The highest BCUT2D eigenvalue weighted by Crippen LogP contribution is 2.39. The van der Waals surface area contributed by atoms with Gasteiger partial charge in [-0.3, -0.25) is 9.59 Å². The first-order valence-corrected chi connectivity index (χ1v) is 16.6. The maximum Gasteiger partial charge on any atom is 0.311 e. The second-order valence-corrected chi connectivity index (χ2v) is 13.3. The number of hydrogen-bond donors (Lipinski definition) is 0. The van der Waals surface area contributed by atoms with Crippen LogP contribution in [0, 0.1) is 23.7 Å². The largest absolute Gasteiger partial charge is 0.462 e. The molecule has 7 heteroatoms. The van der Waals surface area contributed by atoms with Gasteiger partial charge < -0.3 is 23.7 Å². The second-order valence-electron chi connectivity index (χ2n) is 13.3. The van der Waals surface area contributed by atoms with Gasteiger partial charge in [-0.2, -0.15) is 0 Å². The van der Waals surface area contributed by atoms with Crippen LogP contribution in [0.2, 0.25) is 0 Å². The van der Waals surface area contributed by atoms with E-state index in [0.29, 0.717) is 12.5 Å². The van der Waals surface area contributed by atoms with Crippen molar-refractivity contribution in [2.45, 2.75) is 174 Å². The van der Waals surface area contributed by atoms with Crippen molar-refractivity contribution in [2.24, 2.45) is 23.7 Å². The third kappa shape index (κ3) is 7.80. The lowest BCUT2D eigenvalue weighted by Crippen LogP contribution is -2.44. The first kappa shape index (κ1) is 31.7. The van der Waals surface area contributed by atoms with Gasteiger partial charge in [-0.15, -0.1) is 0 Å². The Morgan fingerprint density at radius 1 is 0.700 bits per heavy atom. The molecule has 0 spiro atoms. The molecule has 0 radical (unpaired) electrons. The molecule has 0 aromatic rings. The van der Waals surface area contributed by atoms with Crippen molar-refractivity contribution in [3.05, 3.63) is 0 Å². The van der Waals surface area contributed by atoms with Crippen LogP contribution in [0.1, 0.15) is 125 Å². The molecule has 4 heterocycles. The molecule has 7 nitrogen and oxygen atoms in total. The molecule has 4 aliphatic rings. The Labute approximate surface area is 242 Å². The highest BCUT2D eigenvalue weighted by molar-refractivity contribution is 5.73. The van der Waals surface area contributed by atoms with Gasteiger partial charge in [0.05, 0.1) is 48.5 Å². The van der Waals surface area contributed by atoms with E-state index in [2.05, 4.69) is 27.7 Å². The van der Waals surface area contributed by atoms with Gasteiger partial charge in [-0.1, -0.05) is 53.4 Å². The van der Waals surface area contributed by atoms with Crippen molar-refractivity contribution >= 4 is 11.9 Å². The van der Waals surface area contributed by atoms with Gasteiger partial charge in [-0.25, -0.2) is 0 Å². The summed E-state index contributed by atoms with van der Waals surface area (Å²) < 4.78 is 31.9.